The van der Waals surface area contributed by atoms with E-state index in [0.29, 0.717) is 0 Å². The number of aromatic nitrogens is 2. The van der Waals surface area contributed by atoms with Crippen LogP contribution in [0.4, 0.5) is 10.6 Å². The second-order valence-corrected chi connectivity index (χ2v) is 2.73. The fourth-order valence-corrected chi connectivity index (χ4v) is 1.01. The van der Waals surface area contributed by atoms with Crippen molar-refractivity contribution in [3.8, 4) is 0 Å². The summed E-state index contributed by atoms with van der Waals surface area (Å²) in [6.45, 7) is 0. The first-order chi connectivity index (χ1) is 6.45. The number of carbonyl (C=O) groups is 2. The molecule has 1 aromatic heterocycles. The van der Waals surface area contributed by atoms with Gasteiger partial charge in [-0.1, -0.05) is 0 Å². The molecule has 0 aliphatic heterocycles. The minimum atomic E-state index is -1.16. The van der Waals surface area contributed by atoms with Crippen molar-refractivity contribution in [1.82, 2.24) is 9.55 Å². The summed E-state index contributed by atoms with van der Waals surface area (Å²) < 4.78 is 1.30. The predicted molar refractivity (Wildman–Crippen MR) is 49.3 cm³/mol. The quantitative estimate of drug-likeness (QED) is 0.513. The second-order valence-electron chi connectivity index (χ2n) is 2.73. The summed E-state index contributed by atoms with van der Waals surface area (Å²) in [5, 5.41) is 8.83. The van der Waals surface area contributed by atoms with Gasteiger partial charge in [-0.2, -0.15) is 0 Å². The van der Waals surface area contributed by atoms with Crippen molar-refractivity contribution in [3.05, 3.63) is 12.0 Å². The molecule has 1 aromatic rings. The summed E-state index contributed by atoms with van der Waals surface area (Å²) in [5.41, 5.74) is 4.91. The monoisotopic (exact) mass is 222 g/mol. The van der Waals surface area contributed by atoms with Crippen molar-refractivity contribution in [2.24, 2.45) is 12.8 Å². The Balaban J connectivity index is 0. The zero-order chi connectivity index (χ0) is 10.9. The molecule has 0 atom stereocenters. The third-order valence-electron chi connectivity index (χ3n) is 1.77. The molecule has 1 heterocycles. The van der Waals surface area contributed by atoms with Crippen molar-refractivity contribution in [2.75, 3.05) is 11.9 Å². The van der Waals surface area contributed by atoms with Gasteiger partial charge in [0, 0.05) is 14.1 Å². The maximum atomic E-state index is 10.8. The maximum Gasteiger partial charge on any atom is 1.00 e. The van der Waals surface area contributed by atoms with Gasteiger partial charge in [-0.25, -0.2) is 14.6 Å². The molecule has 0 unspecified atom stereocenters. The number of aromatic carboxylic acids is 1. The Labute approximate surface area is 110 Å². The number of urea groups is 1. The Hall–Kier alpha value is -1.05. The number of nitrogens with zero attached hydrogens (tertiary/aromatic N) is 3. The van der Waals surface area contributed by atoms with Crippen molar-refractivity contribution in [1.29, 1.82) is 0 Å². The molecule has 2 amide bonds. The van der Waals surface area contributed by atoms with E-state index in [4.69, 9.17) is 10.8 Å². The molecule has 78 valence electrons. The molecule has 0 fully saturated rings. The van der Waals surface area contributed by atoms with E-state index in [0.717, 1.165) is 4.90 Å². The molecule has 0 saturated heterocycles. The molecule has 0 spiro atoms. The summed E-state index contributed by atoms with van der Waals surface area (Å²) in [4.78, 5) is 26.3. The molecule has 0 aromatic carbocycles. The molecule has 7 nitrogen and oxygen atoms in total. The summed E-state index contributed by atoms with van der Waals surface area (Å²) >= 11 is 0. The van der Waals surface area contributed by atoms with Gasteiger partial charge in [0.2, 0.25) is 0 Å². The molecule has 3 N–H and O–H groups in total. The van der Waals surface area contributed by atoms with E-state index in [1.54, 1.807) is 0 Å². The van der Waals surface area contributed by atoms with Crippen LogP contribution in [0.3, 0.4) is 0 Å². The van der Waals surface area contributed by atoms with Crippen LogP contribution >= 0.6 is 0 Å². The summed E-state index contributed by atoms with van der Waals surface area (Å²) in [7, 11) is 2.88. The van der Waals surface area contributed by atoms with Gasteiger partial charge in [-0.05, 0) is 0 Å². The van der Waals surface area contributed by atoms with E-state index in [2.05, 4.69) is 4.98 Å². The number of carbonyl (C=O) groups excluding carboxylic acids is 1. The molecule has 0 bridgehead atoms. The topological polar surface area (TPSA) is 101 Å². The number of aryl methyl sites for hydroxylation is 1. The summed E-state index contributed by atoms with van der Waals surface area (Å²) in [5.74, 6) is -1.12. The number of rotatable bonds is 2. The van der Waals surface area contributed by atoms with E-state index in [1.165, 1.54) is 25.0 Å². The largest absolute Gasteiger partial charge is 1.00 e. The molecular formula is C7H11N4NaO3. The Morgan fingerprint density at radius 1 is 1.67 bits per heavy atom. The third kappa shape index (κ3) is 2.71. The van der Waals surface area contributed by atoms with E-state index >= 15 is 0 Å². The standard InChI is InChI=1S/C7H10N4O3.Na.H/c1-10-3-9-5(4(10)6(12)13)11(2)7(8)14;;/h3H,1-2H3,(H2,8,14)(H,12,13);;/q;+1;-1. The minimum absolute atomic E-state index is 0. The van der Waals surface area contributed by atoms with Gasteiger partial charge in [-0.15, -0.1) is 0 Å². The van der Waals surface area contributed by atoms with Crippen LogP contribution in [0.5, 0.6) is 0 Å². The number of carboxylic acid groups (broad SMARTS) is 1. The second kappa shape index (κ2) is 5.15. The number of hydrogen-bond acceptors (Lipinski definition) is 3. The van der Waals surface area contributed by atoms with E-state index in [-0.39, 0.29) is 42.5 Å². The van der Waals surface area contributed by atoms with Crippen LogP contribution in [-0.2, 0) is 7.05 Å². The number of carboxylic acids is 1. The van der Waals surface area contributed by atoms with Crippen LogP contribution in [-0.4, -0.2) is 33.7 Å². The number of anilines is 1. The fourth-order valence-electron chi connectivity index (χ4n) is 1.01. The molecule has 15 heavy (non-hydrogen) atoms. The molecule has 8 heteroatoms. The van der Waals surface area contributed by atoms with Gasteiger partial charge < -0.3 is 16.8 Å². The fraction of sp³-hybridized carbons (Fsp3) is 0.286. The molecule has 0 aliphatic carbocycles. The van der Waals surface area contributed by atoms with Gasteiger partial charge in [0.05, 0.1) is 6.33 Å². The number of hydrogen-bond donors (Lipinski definition) is 2. The van der Waals surface area contributed by atoms with Crippen molar-refractivity contribution in [3.63, 3.8) is 0 Å². The van der Waals surface area contributed by atoms with Crippen molar-refractivity contribution >= 4 is 17.8 Å². The van der Waals surface area contributed by atoms with Crippen LogP contribution in [0.2, 0.25) is 0 Å². The van der Waals surface area contributed by atoms with E-state index in [9.17, 15) is 9.59 Å². The normalized spacial score (nSPS) is 9.20. The van der Waals surface area contributed by atoms with Crippen LogP contribution in [0.15, 0.2) is 6.33 Å². The van der Waals surface area contributed by atoms with Crippen LogP contribution in [0.1, 0.15) is 11.9 Å². The van der Waals surface area contributed by atoms with Gasteiger partial charge in [0.1, 0.15) is 0 Å². The van der Waals surface area contributed by atoms with Crippen molar-refractivity contribution < 1.29 is 45.7 Å². The molecule has 0 saturated carbocycles. The number of nitrogens with two attached hydrogens (primary N) is 1. The Kier molecular flexibility index (Phi) is 4.79. The molecular weight excluding hydrogens is 211 g/mol. The number of primary amides is 1. The van der Waals surface area contributed by atoms with Crippen LogP contribution in [0.25, 0.3) is 0 Å². The molecule has 0 aliphatic rings. The van der Waals surface area contributed by atoms with Crippen LogP contribution < -0.4 is 40.2 Å². The van der Waals surface area contributed by atoms with Gasteiger partial charge in [0.25, 0.3) is 0 Å². The van der Waals surface area contributed by atoms with Gasteiger partial charge in [-0.3, -0.25) is 4.90 Å². The SMILES string of the molecule is CN(C(N)=O)c1ncn(C)c1C(=O)O.[H-].[Na+]. The maximum absolute atomic E-state index is 10.8. The first-order valence-corrected chi connectivity index (χ1v) is 3.73. The van der Waals surface area contributed by atoms with Gasteiger partial charge >= 0.3 is 41.6 Å². The first kappa shape index (κ1) is 13.9. The number of imidazole rings is 1. The average molecular weight is 222 g/mol. The Morgan fingerprint density at radius 2 is 2.20 bits per heavy atom. The van der Waals surface area contributed by atoms with E-state index < -0.39 is 12.0 Å². The predicted octanol–water partition coefficient (Wildman–Crippen LogP) is -3.25. The minimum Gasteiger partial charge on any atom is -1.00 e. The summed E-state index contributed by atoms with van der Waals surface area (Å²) in [6.07, 6.45) is 1.30. The Bertz CT molecular complexity index is 395. The number of amides is 2. The van der Waals surface area contributed by atoms with E-state index in [1.807, 2.05) is 0 Å². The summed E-state index contributed by atoms with van der Waals surface area (Å²) in [6, 6.07) is -0.758. The van der Waals surface area contributed by atoms with Gasteiger partial charge in [0.15, 0.2) is 11.5 Å². The smallest absolute Gasteiger partial charge is 1.00 e. The zero-order valence-corrected chi connectivity index (χ0v) is 10.8. The first-order valence-electron chi connectivity index (χ1n) is 3.73. The zero-order valence-electron chi connectivity index (χ0n) is 9.76. The Morgan fingerprint density at radius 3 is 2.60 bits per heavy atom. The molecule has 1 rings (SSSR count). The average Bonchev–Trinajstić information content (AvgIpc) is 2.45. The third-order valence-corrected chi connectivity index (χ3v) is 1.77. The van der Waals surface area contributed by atoms with Crippen molar-refractivity contribution in [2.45, 2.75) is 0 Å². The van der Waals surface area contributed by atoms with Crippen LogP contribution in [0, 0.1) is 0 Å². The molecule has 0 radical (unpaired) electrons.